The molecule has 0 aliphatic heterocycles. The fourth-order valence-electron chi connectivity index (χ4n) is 1.94. The highest BCUT2D eigenvalue weighted by atomic mass is 15.2. The van der Waals surface area contributed by atoms with Gasteiger partial charge >= 0.3 is 0 Å². The van der Waals surface area contributed by atoms with Crippen LogP contribution in [0.5, 0.6) is 0 Å². The highest BCUT2D eigenvalue weighted by Crippen LogP contribution is 2.25. The predicted molar refractivity (Wildman–Crippen MR) is 74.9 cm³/mol. The number of nitrogens with zero attached hydrogens (tertiary/aromatic N) is 2. The minimum absolute atomic E-state index is 0.431. The Balaban J connectivity index is 2.35. The summed E-state index contributed by atoms with van der Waals surface area (Å²) in [5, 5.41) is 11.2. The lowest BCUT2D eigenvalue weighted by Gasteiger charge is -2.14. The molecule has 0 spiro atoms. The van der Waals surface area contributed by atoms with Crippen LogP contribution in [0.15, 0.2) is 30.3 Å². The van der Waals surface area contributed by atoms with Crippen molar-refractivity contribution in [2.24, 2.45) is 0 Å². The van der Waals surface area contributed by atoms with Crippen LogP contribution in [0.25, 0.3) is 0 Å². The van der Waals surface area contributed by atoms with E-state index in [4.69, 9.17) is 5.73 Å². The monoisotopic (exact) mass is 242 g/mol. The Hall–Kier alpha value is -2.10. The number of hydrogen-bond donors (Lipinski definition) is 2. The van der Waals surface area contributed by atoms with Crippen LogP contribution in [-0.2, 0) is 12.8 Å². The van der Waals surface area contributed by atoms with Crippen molar-refractivity contribution in [2.75, 3.05) is 11.1 Å². The maximum atomic E-state index is 5.53. The molecule has 0 amide bonds. The van der Waals surface area contributed by atoms with E-state index in [0.717, 1.165) is 24.3 Å². The van der Waals surface area contributed by atoms with E-state index in [9.17, 15) is 0 Å². The topological polar surface area (TPSA) is 63.8 Å². The number of benzene rings is 1. The van der Waals surface area contributed by atoms with Gasteiger partial charge in [-0.1, -0.05) is 32.0 Å². The molecule has 0 radical (unpaired) electrons. The number of nitrogen functional groups attached to an aromatic ring is 1. The lowest BCUT2D eigenvalue weighted by Crippen LogP contribution is -2.03. The summed E-state index contributed by atoms with van der Waals surface area (Å²) in [5.74, 6) is 1.15. The summed E-state index contributed by atoms with van der Waals surface area (Å²) in [5.41, 5.74) is 9.24. The molecule has 2 aromatic rings. The third-order valence-corrected chi connectivity index (χ3v) is 2.94. The average Bonchev–Trinajstić information content (AvgIpc) is 2.41. The number of hydrogen-bond acceptors (Lipinski definition) is 4. The van der Waals surface area contributed by atoms with Crippen LogP contribution in [0.2, 0.25) is 0 Å². The summed E-state index contributed by atoms with van der Waals surface area (Å²) < 4.78 is 0. The first kappa shape index (κ1) is 12.4. The second kappa shape index (κ2) is 5.49. The van der Waals surface area contributed by atoms with E-state index in [2.05, 4.69) is 47.6 Å². The summed E-state index contributed by atoms with van der Waals surface area (Å²) >= 11 is 0. The molecule has 0 atom stereocenters. The molecule has 0 fully saturated rings. The third-order valence-electron chi connectivity index (χ3n) is 2.94. The van der Waals surface area contributed by atoms with Crippen LogP contribution in [0.4, 0.5) is 17.3 Å². The normalized spacial score (nSPS) is 10.3. The molecule has 0 bridgehead atoms. The van der Waals surface area contributed by atoms with Gasteiger partial charge in [-0.15, -0.1) is 10.2 Å². The van der Waals surface area contributed by atoms with Crippen LogP contribution < -0.4 is 11.1 Å². The molecule has 0 saturated heterocycles. The third kappa shape index (κ3) is 2.59. The summed E-state index contributed by atoms with van der Waals surface area (Å²) in [6, 6.07) is 9.94. The molecule has 18 heavy (non-hydrogen) atoms. The van der Waals surface area contributed by atoms with E-state index in [1.807, 2.05) is 6.07 Å². The Morgan fingerprint density at radius 1 is 1.00 bits per heavy atom. The Morgan fingerprint density at radius 3 is 2.17 bits per heavy atom. The molecule has 1 heterocycles. The zero-order valence-electron chi connectivity index (χ0n) is 10.8. The van der Waals surface area contributed by atoms with E-state index < -0.39 is 0 Å². The Morgan fingerprint density at radius 2 is 1.67 bits per heavy atom. The highest BCUT2D eigenvalue weighted by molar-refractivity contribution is 5.65. The molecule has 0 saturated carbocycles. The highest BCUT2D eigenvalue weighted by Gasteiger charge is 2.07. The minimum Gasteiger partial charge on any atom is -0.382 e. The van der Waals surface area contributed by atoms with Crippen LogP contribution in [-0.4, -0.2) is 10.2 Å². The Bertz CT molecular complexity index is 498. The lowest BCUT2D eigenvalue weighted by atomic mass is 10.0. The van der Waals surface area contributed by atoms with Crippen LogP contribution in [0.1, 0.15) is 25.0 Å². The van der Waals surface area contributed by atoms with Gasteiger partial charge in [-0.3, -0.25) is 0 Å². The standard InChI is InChI=1S/C14H18N4/c1-3-10-6-5-7-11(4-2)14(10)16-13-9-8-12(15)17-18-13/h5-9H,3-4H2,1-2H3,(H2,15,17)(H,16,18). The number of nitrogens with one attached hydrogen (secondary N) is 1. The number of rotatable bonds is 4. The van der Waals surface area contributed by atoms with E-state index in [1.54, 1.807) is 6.07 Å². The fraction of sp³-hybridized carbons (Fsp3) is 0.286. The predicted octanol–water partition coefficient (Wildman–Crippen LogP) is 2.93. The van der Waals surface area contributed by atoms with Crippen molar-refractivity contribution >= 4 is 17.3 Å². The van der Waals surface area contributed by atoms with Crippen molar-refractivity contribution in [3.05, 3.63) is 41.5 Å². The molecule has 0 aliphatic carbocycles. The van der Waals surface area contributed by atoms with Crippen LogP contribution >= 0.6 is 0 Å². The van der Waals surface area contributed by atoms with Crippen molar-refractivity contribution in [3.63, 3.8) is 0 Å². The van der Waals surface area contributed by atoms with Gasteiger partial charge in [0.2, 0.25) is 0 Å². The van der Waals surface area contributed by atoms with Gasteiger partial charge in [0.1, 0.15) is 5.82 Å². The fourth-order valence-corrected chi connectivity index (χ4v) is 1.94. The number of aromatic nitrogens is 2. The van der Waals surface area contributed by atoms with Crippen molar-refractivity contribution in [1.82, 2.24) is 10.2 Å². The summed E-state index contributed by atoms with van der Waals surface area (Å²) in [7, 11) is 0. The molecule has 0 unspecified atom stereocenters. The second-order valence-electron chi connectivity index (χ2n) is 4.13. The summed E-state index contributed by atoms with van der Waals surface area (Å²) in [6.07, 6.45) is 1.97. The van der Waals surface area contributed by atoms with Gasteiger partial charge < -0.3 is 11.1 Å². The van der Waals surface area contributed by atoms with Gasteiger partial charge in [-0.05, 0) is 36.1 Å². The van der Waals surface area contributed by atoms with Crippen LogP contribution in [0.3, 0.4) is 0 Å². The zero-order chi connectivity index (χ0) is 13.0. The second-order valence-corrected chi connectivity index (χ2v) is 4.13. The molecule has 4 nitrogen and oxygen atoms in total. The molecule has 1 aromatic carbocycles. The van der Waals surface area contributed by atoms with Gasteiger partial charge in [-0.2, -0.15) is 0 Å². The SMILES string of the molecule is CCc1cccc(CC)c1Nc1ccc(N)nn1. The minimum atomic E-state index is 0.431. The molecule has 94 valence electrons. The van der Waals surface area contributed by atoms with Gasteiger partial charge in [-0.25, -0.2) is 0 Å². The van der Waals surface area contributed by atoms with E-state index >= 15 is 0 Å². The molecular weight excluding hydrogens is 224 g/mol. The number of nitrogens with two attached hydrogens (primary N) is 1. The first-order valence-electron chi connectivity index (χ1n) is 6.21. The summed E-state index contributed by atoms with van der Waals surface area (Å²) in [6.45, 7) is 4.29. The molecule has 2 rings (SSSR count). The average molecular weight is 242 g/mol. The quantitative estimate of drug-likeness (QED) is 0.865. The zero-order valence-corrected chi connectivity index (χ0v) is 10.8. The number of para-hydroxylation sites is 1. The van der Waals surface area contributed by atoms with Gasteiger partial charge in [0.25, 0.3) is 0 Å². The maximum absolute atomic E-state index is 5.53. The lowest BCUT2D eigenvalue weighted by molar-refractivity contribution is 1.03. The van der Waals surface area contributed by atoms with E-state index in [0.29, 0.717) is 5.82 Å². The maximum Gasteiger partial charge on any atom is 0.153 e. The van der Waals surface area contributed by atoms with Crippen molar-refractivity contribution in [1.29, 1.82) is 0 Å². The Labute approximate surface area is 107 Å². The van der Waals surface area contributed by atoms with Gasteiger partial charge in [0.05, 0.1) is 0 Å². The number of aryl methyl sites for hydroxylation is 2. The van der Waals surface area contributed by atoms with Crippen molar-refractivity contribution < 1.29 is 0 Å². The first-order valence-corrected chi connectivity index (χ1v) is 6.21. The first-order chi connectivity index (χ1) is 8.74. The molecule has 3 N–H and O–H groups in total. The summed E-state index contributed by atoms with van der Waals surface area (Å²) in [4.78, 5) is 0. The van der Waals surface area contributed by atoms with Gasteiger partial charge in [0.15, 0.2) is 5.82 Å². The molecule has 1 aromatic heterocycles. The van der Waals surface area contributed by atoms with Gasteiger partial charge in [0, 0.05) is 5.69 Å². The van der Waals surface area contributed by atoms with E-state index in [1.165, 1.54) is 11.1 Å². The smallest absolute Gasteiger partial charge is 0.153 e. The molecule has 4 heteroatoms. The number of anilines is 3. The molecular formula is C14H18N4. The molecule has 0 aliphatic rings. The van der Waals surface area contributed by atoms with E-state index in [-0.39, 0.29) is 0 Å². The van der Waals surface area contributed by atoms with Crippen molar-refractivity contribution in [3.8, 4) is 0 Å². The largest absolute Gasteiger partial charge is 0.382 e. The van der Waals surface area contributed by atoms with Crippen molar-refractivity contribution in [2.45, 2.75) is 26.7 Å². The van der Waals surface area contributed by atoms with Crippen LogP contribution in [0, 0.1) is 0 Å². The Kier molecular flexibility index (Phi) is 3.77.